The molecule has 116 valence electrons. The van der Waals surface area contributed by atoms with Crippen molar-refractivity contribution in [1.29, 1.82) is 0 Å². The Hall–Kier alpha value is -1.06. The number of hydrogen-bond acceptors (Lipinski definition) is 2. The largest absolute Gasteiger partial charge is 0.349 e. The molecule has 2 aliphatic carbocycles. The van der Waals surface area contributed by atoms with Crippen molar-refractivity contribution >= 4 is 18.3 Å². The maximum absolute atomic E-state index is 12.5. The minimum atomic E-state index is 0. The number of carbonyl (C=O) groups excluding carboxylic acids is 1. The second-order valence-electron chi connectivity index (χ2n) is 6.34. The Kier molecular flexibility index (Phi) is 5.28. The van der Waals surface area contributed by atoms with E-state index < -0.39 is 0 Å². The van der Waals surface area contributed by atoms with Gasteiger partial charge in [0.2, 0.25) is 5.91 Å². The standard InChI is InChI=1S/C17H24N2O.ClH/c1-11-5-7-14-12(9-11)6-8-16(14)19-17(20)15-4-2-3-13(15)10-18;/h5,7,9,13,15-16H,2-4,6,8,10,18H2,1H3,(H,19,20);1H/t13-,15-,16?;/m1./s1. The predicted octanol–water partition coefficient (Wildman–Crippen LogP) is 2.90. The van der Waals surface area contributed by atoms with E-state index in [2.05, 4.69) is 30.4 Å². The zero-order valence-electron chi connectivity index (χ0n) is 12.6. The molecule has 1 amide bonds. The first-order chi connectivity index (χ1) is 9.69. The van der Waals surface area contributed by atoms with E-state index in [1.807, 2.05) is 0 Å². The fraction of sp³-hybridized carbons (Fsp3) is 0.588. The van der Waals surface area contributed by atoms with Crippen LogP contribution in [0, 0.1) is 18.8 Å². The van der Waals surface area contributed by atoms with Gasteiger partial charge in [0.15, 0.2) is 0 Å². The molecule has 0 heterocycles. The highest BCUT2D eigenvalue weighted by Crippen LogP contribution is 2.35. The number of aryl methyl sites for hydroxylation is 2. The lowest BCUT2D eigenvalue weighted by atomic mass is 9.94. The van der Waals surface area contributed by atoms with E-state index in [1.165, 1.54) is 16.7 Å². The van der Waals surface area contributed by atoms with Gasteiger partial charge < -0.3 is 11.1 Å². The Labute approximate surface area is 133 Å². The number of halogens is 1. The number of benzene rings is 1. The van der Waals surface area contributed by atoms with E-state index in [0.29, 0.717) is 12.5 Å². The topological polar surface area (TPSA) is 55.1 Å². The zero-order valence-corrected chi connectivity index (χ0v) is 13.4. The minimum Gasteiger partial charge on any atom is -0.349 e. The number of nitrogens with one attached hydrogen (secondary N) is 1. The number of amides is 1. The number of fused-ring (bicyclic) bond motifs is 1. The van der Waals surface area contributed by atoms with Crippen LogP contribution in [-0.4, -0.2) is 12.5 Å². The molecule has 2 aliphatic rings. The van der Waals surface area contributed by atoms with Gasteiger partial charge in [-0.2, -0.15) is 0 Å². The van der Waals surface area contributed by atoms with Crippen molar-refractivity contribution in [2.45, 2.75) is 45.1 Å². The Balaban J connectivity index is 0.00000161. The van der Waals surface area contributed by atoms with Gasteiger partial charge in [-0.3, -0.25) is 4.79 Å². The highest BCUT2D eigenvalue weighted by Gasteiger charge is 2.34. The average Bonchev–Trinajstić information content (AvgIpc) is 3.05. The smallest absolute Gasteiger partial charge is 0.223 e. The summed E-state index contributed by atoms with van der Waals surface area (Å²) in [4.78, 5) is 12.5. The van der Waals surface area contributed by atoms with Crippen LogP contribution in [-0.2, 0) is 11.2 Å². The molecule has 1 unspecified atom stereocenters. The highest BCUT2D eigenvalue weighted by molar-refractivity contribution is 5.85. The van der Waals surface area contributed by atoms with Gasteiger partial charge in [0.25, 0.3) is 0 Å². The van der Waals surface area contributed by atoms with Gasteiger partial charge in [0.05, 0.1) is 6.04 Å². The molecule has 0 aromatic heterocycles. The first-order valence-electron chi connectivity index (χ1n) is 7.79. The normalized spacial score (nSPS) is 27.0. The van der Waals surface area contributed by atoms with Crippen LogP contribution in [0.2, 0.25) is 0 Å². The molecule has 0 aliphatic heterocycles. The number of carbonyl (C=O) groups is 1. The van der Waals surface area contributed by atoms with Crippen LogP contribution in [0.4, 0.5) is 0 Å². The van der Waals surface area contributed by atoms with E-state index >= 15 is 0 Å². The van der Waals surface area contributed by atoms with Gasteiger partial charge in [-0.05, 0) is 56.2 Å². The third-order valence-electron chi connectivity index (χ3n) is 4.99. The molecule has 0 saturated heterocycles. The zero-order chi connectivity index (χ0) is 14.1. The van der Waals surface area contributed by atoms with Crippen molar-refractivity contribution in [3.63, 3.8) is 0 Å². The summed E-state index contributed by atoms with van der Waals surface area (Å²) in [6.07, 6.45) is 5.36. The summed E-state index contributed by atoms with van der Waals surface area (Å²) >= 11 is 0. The summed E-state index contributed by atoms with van der Waals surface area (Å²) in [7, 11) is 0. The van der Waals surface area contributed by atoms with E-state index in [0.717, 1.165) is 32.1 Å². The van der Waals surface area contributed by atoms with E-state index in [-0.39, 0.29) is 30.3 Å². The van der Waals surface area contributed by atoms with Crippen LogP contribution in [0.5, 0.6) is 0 Å². The maximum atomic E-state index is 12.5. The van der Waals surface area contributed by atoms with E-state index in [9.17, 15) is 4.79 Å². The molecular formula is C17H25ClN2O. The fourth-order valence-electron chi connectivity index (χ4n) is 3.84. The molecule has 1 fully saturated rings. The second-order valence-corrected chi connectivity index (χ2v) is 6.34. The van der Waals surface area contributed by atoms with Crippen molar-refractivity contribution < 1.29 is 4.79 Å². The molecule has 3 atom stereocenters. The SMILES string of the molecule is Cc1ccc2c(c1)CCC2NC(=O)[C@@H]1CCC[C@@H]1CN.Cl. The van der Waals surface area contributed by atoms with Crippen LogP contribution in [0.15, 0.2) is 18.2 Å². The number of hydrogen-bond donors (Lipinski definition) is 2. The molecule has 3 rings (SSSR count). The van der Waals surface area contributed by atoms with Gasteiger partial charge in [0, 0.05) is 5.92 Å². The molecule has 1 saturated carbocycles. The molecule has 3 N–H and O–H groups in total. The monoisotopic (exact) mass is 308 g/mol. The third-order valence-corrected chi connectivity index (χ3v) is 4.99. The van der Waals surface area contributed by atoms with E-state index in [1.54, 1.807) is 0 Å². The number of rotatable bonds is 3. The summed E-state index contributed by atoms with van der Waals surface area (Å²) in [5.74, 6) is 0.736. The van der Waals surface area contributed by atoms with E-state index in [4.69, 9.17) is 5.73 Å². The molecule has 0 radical (unpaired) electrons. The van der Waals surface area contributed by atoms with Crippen molar-refractivity contribution in [2.24, 2.45) is 17.6 Å². The Morgan fingerprint density at radius 1 is 1.33 bits per heavy atom. The molecule has 3 nitrogen and oxygen atoms in total. The van der Waals surface area contributed by atoms with Crippen molar-refractivity contribution in [3.05, 3.63) is 34.9 Å². The third kappa shape index (κ3) is 3.24. The molecule has 1 aromatic carbocycles. The van der Waals surface area contributed by atoms with Crippen molar-refractivity contribution in [1.82, 2.24) is 5.32 Å². The molecule has 0 bridgehead atoms. The summed E-state index contributed by atoms with van der Waals surface area (Å²) in [5, 5.41) is 3.27. The molecule has 21 heavy (non-hydrogen) atoms. The van der Waals surface area contributed by atoms with Crippen molar-refractivity contribution in [2.75, 3.05) is 6.54 Å². The van der Waals surface area contributed by atoms with Gasteiger partial charge in [-0.1, -0.05) is 30.2 Å². The Morgan fingerprint density at radius 2 is 2.14 bits per heavy atom. The first-order valence-corrected chi connectivity index (χ1v) is 7.79. The lowest BCUT2D eigenvalue weighted by molar-refractivity contribution is -0.126. The Bertz CT molecular complexity index is 518. The maximum Gasteiger partial charge on any atom is 0.223 e. The first kappa shape index (κ1) is 16.3. The molecule has 1 aromatic rings. The Morgan fingerprint density at radius 3 is 2.90 bits per heavy atom. The summed E-state index contributed by atoms with van der Waals surface area (Å²) in [6, 6.07) is 6.77. The van der Waals surface area contributed by atoms with Crippen LogP contribution in [0.25, 0.3) is 0 Å². The van der Waals surface area contributed by atoms with Gasteiger partial charge >= 0.3 is 0 Å². The summed E-state index contributed by atoms with van der Waals surface area (Å²) < 4.78 is 0. The molecule has 4 heteroatoms. The lowest BCUT2D eigenvalue weighted by Crippen LogP contribution is -2.36. The van der Waals surface area contributed by atoms with Gasteiger partial charge in [-0.15, -0.1) is 12.4 Å². The predicted molar refractivity (Wildman–Crippen MR) is 87.5 cm³/mol. The van der Waals surface area contributed by atoms with Crippen LogP contribution in [0.1, 0.15) is 48.4 Å². The molecule has 0 spiro atoms. The minimum absolute atomic E-state index is 0. The lowest BCUT2D eigenvalue weighted by Gasteiger charge is -2.21. The number of nitrogens with two attached hydrogens (primary N) is 1. The average molecular weight is 309 g/mol. The van der Waals surface area contributed by atoms with Crippen LogP contribution < -0.4 is 11.1 Å². The van der Waals surface area contributed by atoms with Gasteiger partial charge in [-0.25, -0.2) is 0 Å². The second kappa shape index (κ2) is 6.80. The summed E-state index contributed by atoms with van der Waals surface area (Å²) in [6.45, 7) is 2.76. The quantitative estimate of drug-likeness (QED) is 0.902. The van der Waals surface area contributed by atoms with Crippen molar-refractivity contribution in [3.8, 4) is 0 Å². The van der Waals surface area contributed by atoms with Crippen LogP contribution in [0.3, 0.4) is 0 Å². The van der Waals surface area contributed by atoms with Gasteiger partial charge in [0.1, 0.15) is 0 Å². The highest BCUT2D eigenvalue weighted by atomic mass is 35.5. The van der Waals surface area contributed by atoms with Crippen LogP contribution >= 0.6 is 12.4 Å². The molecular weight excluding hydrogens is 284 g/mol. The summed E-state index contributed by atoms with van der Waals surface area (Å²) in [5.41, 5.74) is 9.80. The fourth-order valence-corrected chi connectivity index (χ4v) is 3.84.